The van der Waals surface area contributed by atoms with Gasteiger partial charge in [-0.3, -0.25) is 10.0 Å². The minimum atomic E-state index is -4.45. The molecule has 29 heavy (non-hydrogen) atoms. The number of nitrogens with one attached hydrogen (secondary N) is 1. The molecule has 0 saturated carbocycles. The quantitative estimate of drug-likeness (QED) is 0.711. The van der Waals surface area contributed by atoms with Crippen molar-refractivity contribution in [2.45, 2.75) is 30.0 Å². The molecule has 0 bridgehead atoms. The van der Waals surface area contributed by atoms with Gasteiger partial charge in [-0.25, -0.2) is 13.5 Å². The summed E-state index contributed by atoms with van der Waals surface area (Å²) in [5, 5.41) is 9.91. The van der Waals surface area contributed by atoms with E-state index in [9.17, 15) is 31.6 Å². The van der Waals surface area contributed by atoms with E-state index in [1.165, 1.54) is 24.3 Å². The highest BCUT2D eigenvalue weighted by atomic mass is 32.2. The number of benzene rings is 2. The number of alkyl halides is 3. The summed E-state index contributed by atoms with van der Waals surface area (Å²) in [6.45, 7) is 0.146. The highest BCUT2D eigenvalue weighted by Crippen LogP contribution is 2.31. The number of amides is 1. The first-order valence-electron chi connectivity index (χ1n) is 8.54. The number of sulfonamides is 1. The topological polar surface area (TPSA) is 95.9 Å². The number of carbonyl (C=O) groups excluding carboxylic acids is 1. The molecular formula is C18H17F3N2O5S. The summed E-state index contributed by atoms with van der Waals surface area (Å²) in [6.07, 6.45) is -3.73. The smallest absolute Gasteiger partial charge is 0.416 e. The molecule has 11 heteroatoms. The fourth-order valence-corrected chi connectivity index (χ4v) is 3.98. The lowest BCUT2D eigenvalue weighted by Gasteiger charge is -2.27. The summed E-state index contributed by atoms with van der Waals surface area (Å²) in [7, 11) is -4.02. The van der Waals surface area contributed by atoms with E-state index in [-0.39, 0.29) is 29.4 Å². The lowest BCUT2D eigenvalue weighted by Crippen LogP contribution is -2.50. The molecule has 2 aromatic rings. The fraction of sp³-hybridized carbons (Fsp3) is 0.278. The van der Waals surface area contributed by atoms with Gasteiger partial charge < -0.3 is 4.74 Å². The minimum absolute atomic E-state index is 0.125. The van der Waals surface area contributed by atoms with E-state index < -0.39 is 33.7 Å². The van der Waals surface area contributed by atoms with E-state index in [4.69, 9.17) is 4.74 Å². The normalized spacial score (nSPS) is 18.0. The molecule has 1 saturated heterocycles. The van der Waals surface area contributed by atoms with Crippen molar-refractivity contribution in [2.75, 3.05) is 6.54 Å². The molecule has 156 valence electrons. The molecule has 3 rings (SSSR count). The Bertz CT molecular complexity index is 976. The minimum Gasteiger partial charge on any atom is -0.457 e. The van der Waals surface area contributed by atoms with Crippen molar-refractivity contribution in [2.24, 2.45) is 0 Å². The maximum Gasteiger partial charge on any atom is 0.416 e. The van der Waals surface area contributed by atoms with Gasteiger partial charge in [-0.05, 0) is 61.4 Å². The number of carbonyl (C=O) groups is 1. The third-order valence-corrected chi connectivity index (χ3v) is 5.75. The highest BCUT2D eigenvalue weighted by molar-refractivity contribution is 7.89. The Morgan fingerprint density at radius 3 is 2.14 bits per heavy atom. The molecule has 0 unspecified atom stereocenters. The van der Waals surface area contributed by atoms with Crippen molar-refractivity contribution in [3.63, 3.8) is 0 Å². The first-order chi connectivity index (χ1) is 13.6. The Labute approximate surface area is 164 Å². The Kier molecular flexibility index (Phi) is 5.82. The number of halogens is 3. The van der Waals surface area contributed by atoms with Crippen molar-refractivity contribution in [3.05, 3.63) is 54.1 Å². The van der Waals surface area contributed by atoms with Crippen LogP contribution >= 0.6 is 0 Å². The zero-order chi connectivity index (χ0) is 21.2. The molecule has 0 aromatic heterocycles. The van der Waals surface area contributed by atoms with E-state index in [1.54, 1.807) is 0 Å². The van der Waals surface area contributed by atoms with Gasteiger partial charge in [0.15, 0.2) is 0 Å². The Balaban J connectivity index is 1.68. The van der Waals surface area contributed by atoms with Crippen LogP contribution in [0.3, 0.4) is 0 Å². The standard InChI is InChI=1S/C18H17F3N2O5S/c19-18(20,21)12-3-5-13(6-4-12)28-14-7-9-15(10-8-14)29(26,27)22-16-2-1-11-23(25)17(16)24/h3-10,16,22,25H,1-2,11H2/t16-/m1/s1. The van der Waals surface area contributed by atoms with Crippen LogP contribution in [0.15, 0.2) is 53.4 Å². The molecule has 1 aliphatic rings. The van der Waals surface area contributed by atoms with Crippen LogP contribution in [0.2, 0.25) is 0 Å². The SMILES string of the molecule is O=C1[C@H](NS(=O)(=O)c2ccc(Oc3ccc(C(F)(F)F)cc3)cc2)CCCN1O. The summed E-state index contributed by atoms with van der Waals surface area (Å²) in [4.78, 5) is 11.7. The van der Waals surface area contributed by atoms with Crippen molar-refractivity contribution in [3.8, 4) is 11.5 Å². The molecule has 1 aliphatic heterocycles. The van der Waals surface area contributed by atoms with Gasteiger partial charge in [-0.15, -0.1) is 0 Å². The Hall–Kier alpha value is -2.63. The highest BCUT2D eigenvalue weighted by Gasteiger charge is 2.32. The van der Waals surface area contributed by atoms with Crippen LogP contribution in [-0.4, -0.2) is 37.2 Å². The van der Waals surface area contributed by atoms with E-state index in [0.29, 0.717) is 11.5 Å². The molecule has 2 aromatic carbocycles. The number of piperidine rings is 1. The second-order valence-corrected chi connectivity index (χ2v) is 8.09. The number of hydroxylamine groups is 2. The fourth-order valence-electron chi connectivity index (χ4n) is 2.76. The van der Waals surface area contributed by atoms with Gasteiger partial charge in [0.2, 0.25) is 10.0 Å². The zero-order valence-electron chi connectivity index (χ0n) is 14.9. The largest absolute Gasteiger partial charge is 0.457 e. The molecular weight excluding hydrogens is 413 g/mol. The van der Waals surface area contributed by atoms with Crippen LogP contribution < -0.4 is 9.46 Å². The van der Waals surface area contributed by atoms with Gasteiger partial charge in [0, 0.05) is 6.54 Å². The summed E-state index contributed by atoms with van der Waals surface area (Å²) < 4.78 is 70.3. The van der Waals surface area contributed by atoms with Gasteiger partial charge in [-0.2, -0.15) is 17.9 Å². The van der Waals surface area contributed by atoms with Crippen LogP contribution in [0, 0.1) is 0 Å². The first-order valence-corrected chi connectivity index (χ1v) is 10.0. The molecule has 7 nitrogen and oxygen atoms in total. The van der Waals surface area contributed by atoms with Crippen molar-refractivity contribution in [1.29, 1.82) is 0 Å². The first kappa shape index (κ1) is 21.1. The van der Waals surface area contributed by atoms with Gasteiger partial charge in [0.05, 0.1) is 10.5 Å². The Morgan fingerprint density at radius 1 is 1.03 bits per heavy atom. The number of hydrogen-bond donors (Lipinski definition) is 2. The number of nitrogens with zero attached hydrogens (tertiary/aromatic N) is 1. The molecule has 2 N–H and O–H groups in total. The van der Waals surface area contributed by atoms with Gasteiger partial charge >= 0.3 is 6.18 Å². The van der Waals surface area contributed by atoms with Gasteiger partial charge in [0.25, 0.3) is 5.91 Å². The molecule has 0 aliphatic carbocycles. The van der Waals surface area contributed by atoms with Gasteiger partial charge in [0.1, 0.15) is 17.5 Å². The summed E-state index contributed by atoms with van der Waals surface area (Å²) in [6, 6.07) is 8.18. The third-order valence-electron chi connectivity index (χ3n) is 4.26. The predicted octanol–water partition coefficient (Wildman–Crippen LogP) is 3.16. The average molecular weight is 430 g/mol. The van der Waals surface area contributed by atoms with Crippen LogP contribution in [0.4, 0.5) is 13.2 Å². The number of ether oxygens (including phenoxy) is 1. The molecule has 1 fully saturated rings. The Morgan fingerprint density at radius 2 is 1.59 bits per heavy atom. The third kappa shape index (κ3) is 5.05. The predicted molar refractivity (Wildman–Crippen MR) is 94.8 cm³/mol. The molecule has 1 amide bonds. The van der Waals surface area contributed by atoms with Crippen molar-refractivity contribution >= 4 is 15.9 Å². The lowest BCUT2D eigenvalue weighted by molar-refractivity contribution is -0.172. The summed E-state index contributed by atoms with van der Waals surface area (Å²) in [5.41, 5.74) is -0.809. The van der Waals surface area contributed by atoms with E-state index >= 15 is 0 Å². The van der Waals surface area contributed by atoms with Crippen LogP contribution in [-0.2, 0) is 21.0 Å². The molecule has 0 radical (unpaired) electrons. The maximum absolute atomic E-state index is 12.6. The molecule has 1 atom stereocenters. The zero-order valence-corrected chi connectivity index (χ0v) is 15.7. The van der Waals surface area contributed by atoms with E-state index in [1.807, 2.05) is 0 Å². The van der Waals surface area contributed by atoms with Crippen molar-refractivity contribution in [1.82, 2.24) is 9.79 Å². The van der Waals surface area contributed by atoms with E-state index in [0.717, 1.165) is 24.3 Å². The van der Waals surface area contributed by atoms with E-state index in [2.05, 4.69) is 4.72 Å². The summed E-state index contributed by atoms with van der Waals surface area (Å²) in [5.74, 6) is -0.344. The second kappa shape index (κ2) is 8.01. The second-order valence-electron chi connectivity index (χ2n) is 6.37. The van der Waals surface area contributed by atoms with Crippen LogP contribution in [0.5, 0.6) is 11.5 Å². The van der Waals surface area contributed by atoms with Crippen molar-refractivity contribution < 1.29 is 36.3 Å². The number of rotatable bonds is 5. The van der Waals surface area contributed by atoms with Gasteiger partial charge in [-0.1, -0.05) is 0 Å². The molecule has 1 heterocycles. The summed E-state index contributed by atoms with van der Waals surface area (Å²) >= 11 is 0. The van der Waals surface area contributed by atoms with Crippen LogP contribution in [0.1, 0.15) is 18.4 Å². The lowest BCUT2D eigenvalue weighted by atomic mass is 10.1. The maximum atomic E-state index is 12.6. The monoisotopic (exact) mass is 430 g/mol. The van der Waals surface area contributed by atoms with Crippen LogP contribution in [0.25, 0.3) is 0 Å². The average Bonchev–Trinajstić information content (AvgIpc) is 2.65. The molecule has 0 spiro atoms. The number of hydrogen-bond acceptors (Lipinski definition) is 5.